The van der Waals surface area contributed by atoms with E-state index in [-0.39, 0.29) is 12.4 Å². The minimum Gasteiger partial charge on any atom is -0.453 e. The number of ether oxygens (including phenoxy) is 5. The van der Waals surface area contributed by atoms with E-state index >= 15 is 0 Å². The minimum atomic E-state index is -1.30. The summed E-state index contributed by atoms with van der Waals surface area (Å²) in [6.07, 6.45) is -4.86. The van der Waals surface area contributed by atoms with Crippen LogP contribution in [0.3, 0.4) is 0 Å². The number of hydrogen-bond donors (Lipinski definition) is 0. The van der Waals surface area contributed by atoms with Gasteiger partial charge < -0.3 is 23.7 Å². The molecule has 1 heterocycles. The Bertz CT molecular complexity index is 458. The van der Waals surface area contributed by atoms with Crippen molar-refractivity contribution < 1.29 is 42.9 Å². The Balaban J connectivity index is 2.94. The van der Waals surface area contributed by atoms with Crippen LogP contribution >= 0.6 is 0 Å². The van der Waals surface area contributed by atoms with Crippen molar-refractivity contribution in [2.24, 2.45) is 0 Å². The lowest BCUT2D eigenvalue weighted by molar-refractivity contribution is -0.223. The van der Waals surface area contributed by atoms with E-state index in [4.69, 9.17) is 23.7 Å². The Labute approximate surface area is 126 Å². The highest BCUT2D eigenvalue weighted by atomic mass is 16.8. The van der Waals surface area contributed by atoms with Crippen LogP contribution in [0.5, 0.6) is 0 Å². The molecule has 1 aliphatic heterocycles. The molecule has 0 N–H and O–H groups in total. The third-order valence-electron chi connectivity index (χ3n) is 2.47. The zero-order valence-electron chi connectivity index (χ0n) is 12.7. The van der Waals surface area contributed by atoms with Crippen LogP contribution in [0.1, 0.15) is 27.7 Å². The van der Waals surface area contributed by atoms with E-state index in [2.05, 4.69) is 0 Å². The van der Waals surface area contributed by atoms with Crippen LogP contribution in [0.25, 0.3) is 0 Å². The van der Waals surface area contributed by atoms with E-state index in [1.165, 1.54) is 6.92 Å². The van der Waals surface area contributed by atoms with Gasteiger partial charge in [-0.1, -0.05) is 0 Å². The summed E-state index contributed by atoms with van der Waals surface area (Å²) < 4.78 is 25.3. The fourth-order valence-electron chi connectivity index (χ4n) is 1.82. The van der Waals surface area contributed by atoms with Crippen molar-refractivity contribution in [2.45, 2.75) is 52.5 Å². The van der Waals surface area contributed by atoms with Gasteiger partial charge in [-0.15, -0.1) is 0 Å². The molecule has 9 heteroatoms. The van der Waals surface area contributed by atoms with Crippen LogP contribution in [0.15, 0.2) is 0 Å². The van der Waals surface area contributed by atoms with Crippen LogP contribution in [0.4, 0.5) is 0 Å². The van der Waals surface area contributed by atoms with Gasteiger partial charge in [0.25, 0.3) is 0 Å². The molecule has 1 aliphatic rings. The highest BCUT2D eigenvalue weighted by molar-refractivity contribution is 5.76. The van der Waals surface area contributed by atoms with Crippen molar-refractivity contribution in [2.75, 3.05) is 6.61 Å². The van der Waals surface area contributed by atoms with E-state index < -0.39 is 42.7 Å². The van der Waals surface area contributed by atoms with E-state index in [1.54, 1.807) is 0 Å². The highest BCUT2D eigenvalue weighted by Gasteiger charge is 2.52. The molecule has 1 rings (SSSR count). The van der Waals surface area contributed by atoms with Crippen LogP contribution in [-0.2, 0) is 42.9 Å². The van der Waals surface area contributed by atoms with Gasteiger partial charge in [0.05, 0.1) is 0 Å². The molecule has 0 unspecified atom stereocenters. The summed E-state index contributed by atoms with van der Waals surface area (Å²) in [6, 6.07) is 0. The van der Waals surface area contributed by atoms with Crippen molar-refractivity contribution in [1.29, 1.82) is 0 Å². The van der Waals surface area contributed by atoms with Gasteiger partial charge in [-0.2, -0.15) is 0 Å². The monoisotopic (exact) mass is 318 g/mol. The first-order valence-corrected chi connectivity index (χ1v) is 6.49. The maximum absolute atomic E-state index is 11.2. The van der Waals surface area contributed by atoms with E-state index in [0.29, 0.717) is 0 Å². The number of carbonyl (C=O) groups is 4. The zero-order chi connectivity index (χ0) is 16.9. The van der Waals surface area contributed by atoms with Gasteiger partial charge in [-0.3, -0.25) is 19.2 Å². The van der Waals surface area contributed by atoms with Gasteiger partial charge in [0.2, 0.25) is 18.7 Å². The molecule has 0 saturated carbocycles. The van der Waals surface area contributed by atoms with Crippen LogP contribution in [0.2, 0.25) is 0 Å². The van der Waals surface area contributed by atoms with Gasteiger partial charge >= 0.3 is 17.9 Å². The SMILES string of the molecule is CC(=O)CO[C@H]1O[C@@H](OC(C)=O)[C@H](OC(C)=O)[C@@H]1OC(C)=O. The molecule has 0 bridgehead atoms. The topological polar surface area (TPSA) is 114 Å². The second-order valence-electron chi connectivity index (χ2n) is 4.64. The summed E-state index contributed by atoms with van der Waals surface area (Å²) in [4.78, 5) is 44.5. The predicted molar refractivity (Wildman–Crippen MR) is 68.2 cm³/mol. The van der Waals surface area contributed by atoms with Crippen LogP contribution in [0, 0.1) is 0 Å². The fourth-order valence-corrected chi connectivity index (χ4v) is 1.82. The van der Waals surface area contributed by atoms with Crippen LogP contribution < -0.4 is 0 Å². The smallest absolute Gasteiger partial charge is 0.305 e. The Hall–Kier alpha value is -2.00. The Morgan fingerprint density at radius 2 is 1.23 bits per heavy atom. The summed E-state index contributed by atoms with van der Waals surface area (Å²) in [5.74, 6) is -2.33. The second kappa shape index (κ2) is 7.85. The third-order valence-corrected chi connectivity index (χ3v) is 2.47. The fraction of sp³-hybridized carbons (Fsp3) is 0.692. The van der Waals surface area contributed by atoms with Gasteiger partial charge in [0, 0.05) is 20.8 Å². The van der Waals surface area contributed by atoms with Gasteiger partial charge in [0.15, 0.2) is 11.9 Å². The number of esters is 3. The van der Waals surface area contributed by atoms with E-state index in [9.17, 15) is 19.2 Å². The first-order chi connectivity index (χ1) is 10.2. The summed E-state index contributed by atoms with van der Waals surface area (Å²) in [5.41, 5.74) is 0. The highest BCUT2D eigenvalue weighted by Crippen LogP contribution is 2.28. The maximum Gasteiger partial charge on any atom is 0.305 e. The lowest BCUT2D eigenvalue weighted by Gasteiger charge is -2.22. The quantitative estimate of drug-likeness (QED) is 0.481. The molecule has 124 valence electrons. The normalized spacial score (nSPS) is 27.1. The summed E-state index contributed by atoms with van der Waals surface area (Å²) in [6.45, 7) is 4.41. The summed E-state index contributed by atoms with van der Waals surface area (Å²) in [5, 5.41) is 0. The molecule has 0 aromatic carbocycles. The van der Waals surface area contributed by atoms with E-state index in [0.717, 1.165) is 20.8 Å². The maximum atomic E-state index is 11.2. The number of rotatable bonds is 6. The predicted octanol–water partition coefficient (Wildman–Crippen LogP) is -0.299. The number of Topliss-reactive ketones (excluding diaryl/α,β-unsaturated/α-hetero) is 1. The Morgan fingerprint density at radius 3 is 1.64 bits per heavy atom. The number of hydrogen-bond acceptors (Lipinski definition) is 9. The molecule has 22 heavy (non-hydrogen) atoms. The Morgan fingerprint density at radius 1 is 0.773 bits per heavy atom. The molecular weight excluding hydrogens is 300 g/mol. The molecule has 0 amide bonds. The largest absolute Gasteiger partial charge is 0.453 e. The molecular formula is C13H18O9. The zero-order valence-corrected chi connectivity index (χ0v) is 12.7. The average Bonchev–Trinajstić information content (AvgIpc) is 2.63. The van der Waals surface area contributed by atoms with Crippen molar-refractivity contribution in [3.8, 4) is 0 Å². The molecule has 0 aromatic rings. The summed E-state index contributed by atoms with van der Waals surface area (Å²) in [7, 11) is 0. The first-order valence-electron chi connectivity index (χ1n) is 6.49. The number of carbonyl (C=O) groups excluding carboxylic acids is 4. The second-order valence-corrected chi connectivity index (χ2v) is 4.64. The molecule has 9 nitrogen and oxygen atoms in total. The van der Waals surface area contributed by atoms with Gasteiger partial charge in [0.1, 0.15) is 6.61 Å². The molecule has 1 fully saturated rings. The Kier molecular flexibility index (Phi) is 6.44. The van der Waals surface area contributed by atoms with Crippen molar-refractivity contribution in [3.63, 3.8) is 0 Å². The molecule has 0 spiro atoms. The minimum absolute atomic E-state index is 0.287. The third kappa shape index (κ3) is 5.41. The van der Waals surface area contributed by atoms with Crippen molar-refractivity contribution >= 4 is 23.7 Å². The average molecular weight is 318 g/mol. The molecule has 0 aliphatic carbocycles. The lowest BCUT2D eigenvalue weighted by Crippen LogP contribution is -2.41. The molecule has 1 saturated heterocycles. The van der Waals surface area contributed by atoms with E-state index in [1.807, 2.05) is 0 Å². The van der Waals surface area contributed by atoms with Crippen molar-refractivity contribution in [1.82, 2.24) is 0 Å². The van der Waals surface area contributed by atoms with Crippen LogP contribution in [-0.4, -0.2) is 55.1 Å². The number of ketones is 1. The molecule has 4 atom stereocenters. The molecule has 0 aromatic heterocycles. The summed E-state index contributed by atoms with van der Waals surface area (Å²) >= 11 is 0. The molecule has 0 radical (unpaired) electrons. The van der Waals surface area contributed by atoms with Crippen molar-refractivity contribution in [3.05, 3.63) is 0 Å². The van der Waals surface area contributed by atoms with Gasteiger partial charge in [-0.05, 0) is 6.92 Å². The standard InChI is InChI=1S/C13H18O9/c1-6(14)5-18-12-10(19-7(2)15)11(20-8(3)16)13(22-12)21-9(4)17/h10-13H,5H2,1-4H3/t10-,11+,12-,13+/m0/s1. The van der Waals surface area contributed by atoms with Gasteiger partial charge in [-0.25, -0.2) is 0 Å². The first kappa shape index (κ1) is 18.1. The lowest BCUT2D eigenvalue weighted by atomic mass is 10.2.